The molecular formula is C13H4Cl2F7N3OS. The highest BCUT2D eigenvalue weighted by atomic mass is 35.5. The molecule has 0 N–H and O–H groups in total. The second-order valence-corrected chi connectivity index (χ2v) is 7.01. The topological polar surface area (TPSA) is 58.7 Å². The zero-order valence-electron chi connectivity index (χ0n) is 12.4. The molecule has 0 aliphatic heterocycles. The maximum Gasteiger partial charge on any atom is 0.476 e. The maximum atomic E-state index is 13.4. The number of aromatic nitrogens is 2. The number of nitriles is 1. The van der Waals surface area contributed by atoms with E-state index < -0.39 is 66.7 Å². The number of nitrogens with zero attached hydrogens (tertiary/aromatic N) is 3. The van der Waals surface area contributed by atoms with Crippen molar-refractivity contribution in [1.82, 2.24) is 9.78 Å². The fraction of sp³-hybridized carbons (Fsp3) is 0.231. The van der Waals surface area contributed by atoms with Crippen molar-refractivity contribution in [3.05, 3.63) is 39.1 Å². The number of benzene rings is 1. The summed E-state index contributed by atoms with van der Waals surface area (Å²) < 4.78 is 102. The molecule has 0 fully saturated rings. The van der Waals surface area contributed by atoms with E-state index >= 15 is 0 Å². The first-order valence-corrected chi connectivity index (χ1v) is 8.36. The summed E-state index contributed by atoms with van der Waals surface area (Å²) >= 11 is 11.5. The van der Waals surface area contributed by atoms with E-state index in [9.17, 15) is 34.9 Å². The Morgan fingerprint density at radius 1 is 1.15 bits per heavy atom. The Morgan fingerprint density at radius 2 is 1.67 bits per heavy atom. The van der Waals surface area contributed by atoms with E-state index in [0.29, 0.717) is 16.8 Å². The first-order valence-electron chi connectivity index (χ1n) is 6.46. The highest BCUT2D eigenvalue weighted by Crippen LogP contribution is 2.39. The lowest BCUT2D eigenvalue weighted by atomic mass is 10.2. The average molecular weight is 454 g/mol. The van der Waals surface area contributed by atoms with Crippen molar-refractivity contribution in [1.29, 1.82) is 5.26 Å². The minimum absolute atomic E-state index is 0.336. The number of alkyl halides is 7. The Bertz CT molecular complexity index is 940. The lowest BCUT2D eigenvalue weighted by Gasteiger charge is -2.14. The Morgan fingerprint density at radius 3 is 2.04 bits per heavy atom. The van der Waals surface area contributed by atoms with Gasteiger partial charge in [-0.1, -0.05) is 23.2 Å². The highest BCUT2D eigenvalue weighted by Gasteiger charge is 2.43. The van der Waals surface area contributed by atoms with Crippen molar-refractivity contribution in [3.63, 3.8) is 0 Å². The van der Waals surface area contributed by atoms with Crippen molar-refractivity contribution in [3.8, 4) is 11.8 Å². The zero-order valence-corrected chi connectivity index (χ0v) is 14.7. The van der Waals surface area contributed by atoms with Crippen molar-refractivity contribution < 1.29 is 34.9 Å². The van der Waals surface area contributed by atoms with E-state index in [0.717, 1.165) is 0 Å². The molecule has 14 heteroatoms. The van der Waals surface area contributed by atoms with Crippen molar-refractivity contribution in [2.24, 2.45) is 0 Å². The largest absolute Gasteiger partial charge is 0.476 e. The Kier molecular flexibility index (Phi) is 5.79. The molecule has 0 radical (unpaired) electrons. The van der Waals surface area contributed by atoms with Crippen molar-refractivity contribution in [2.75, 3.05) is 0 Å². The fourth-order valence-electron chi connectivity index (χ4n) is 2.06. The third kappa shape index (κ3) is 4.04. The SMILES string of the molecule is N#Cc1nn(-c2c(Cl)cc(C(F)(F)F)cc2Cl)c(CF)c1S(=O)C(F)(F)F. The smallest absolute Gasteiger partial charge is 0.245 e. The van der Waals surface area contributed by atoms with Gasteiger partial charge >= 0.3 is 11.7 Å². The maximum absolute atomic E-state index is 13.4. The summed E-state index contributed by atoms with van der Waals surface area (Å²) in [7, 11) is -3.82. The summed E-state index contributed by atoms with van der Waals surface area (Å²) in [5.74, 6) is 0. The molecule has 1 aromatic carbocycles. The molecule has 2 rings (SSSR count). The van der Waals surface area contributed by atoms with E-state index in [1.54, 1.807) is 0 Å². The van der Waals surface area contributed by atoms with E-state index in [2.05, 4.69) is 5.10 Å². The molecule has 0 aliphatic rings. The summed E-state index contributed by atoms with van der Waals surface area (Å²) in [6.45, 7) is -1.68. The number of hydrogen-bond acceptors (Lipinski definition) is 3. The van der Waals surface area contributed by atoms with Crippen LogP contribution in [0.2, 0.25) is 10.0 Å². The lowest BCUT2D eigenvalue weighted by Crippen LogP contribution is -2.18. The molecule has 0 amide bonds. The normalized spacial score (nSPS) is 13.5. The van der Waals surface area contributed by atoms with Gasteiger partial charge in [0.2, 0.25) is 0 Å². The molecular weight excluding hydrogens is 450 g/mol. The molecule has 1 atom stereocenters. The van der Waals surface area contributed by atoms with E-state index in [-0.39, 0.29) is 0 Å². The zero-order chi connectivity index (χ0) is 20.7. The molecule has 27 heavy (non-hydrogen) atoms. The molecule has 1 aromatic heterocycles. The van der Waals surface area contributed by atoms with Gasteiger partial charge in [-0.2, -0.15) is 36.7 Å². The molecule has 0 bridgehead atoms. The van der Waals surface area contributed by atoms with Crippen LogP contribution in [0.15, 0.2) is 17.0 Å². The third-order valence-corrected chi connectivity index (χ3v) is 4.91. The fourth-order valence-corrected chi connectivity index (χ4v) is 3.55. The van der Waals surface area contributed by atoms with Gasteiger partial charge in [-0.3, -0.25) is 0 Å². The molecule has 0 spiro atoms. The molecule has 4 nitrogen and oxygen atoms in total. The van der Waals surface area contributed by atoms with Gasteiger partial charge in [0, 0.05) is 0 Å². The van der Waals surface area contributed by atoms with E-state index in [4.69, 9.17) is 28.5 Å². The number of halogens is 9. The van der Waals surface area contributed by atoms with Gasteiger partial charge in [0.05, 0.1) is 21.3 Å². The predicted molar refractivity (Wildman–Crippen MR) is 80.6 cm³/mol. The highest BCUT2D eigenvalue weighted by molar-refractivity contribution is 7.86. The Hall–Kier alpha value is -1.84. The van der Waals surface area contributed by atoms with Gasteiger partial charge in [-0.25, -0.2) is 13.3 Å². The van der Waals surface area contributed by atoms with Crippen LogP contribution < -0.4 is 0 Å². The lowest BCUT2D eigenvalue weighted by molar-refractivity contribution is -0.137. The van der Waals surface area contributed by atoms with Gasteiger partial charge < -0.3 is 0 Å². The molecule has 1 heterocycles. The van der Waals surface area contributed by atoms with Gasteiger partial charge in [-0.05, 0) is 12.1 Å². The second kappa shape index (κ2) is 7.29. The van der Waals surface area contributed by atoms with Crippen LogP contribution in [0.1, 0.15) is 17.0 Å². The summed E-state index contributed by atoms with van der Waals surface area (Å²) in [5.41, 5.74) is -9.22. The molecule has 0 aliphatic carbocycles. The van der Waals surface area contributed by atoms with Crippen LogP contribution in [0, 0.1) is 11.3 Å². The van der Waals surface area contributed by atoms with Crippen LogP contribution in [0.4, 0.5) is 30.7 Å². The summed E-state index contributed by atoms with van der Waals surface area (Å²) in [4.78, 5) is -1.26. The average Bonchev–Trinajstić information content (AvgIpc) is 2.89. The summed E-state index contributed by atoms with van der Waals surface area (Å²) in [6.07, 6.45) is -4.83. The monoisotopic (exact) mass is 453 g/mol. The number of rotatable bonds is 3. The Balaban J connectivity index is 2.81. The standard InChI is InChI=1S/C13H4Cl2F7N3OS/c14-6-1-5(12(17,18)19)2-7(15)10(6)25-9(3-16)11(8(4-23)24-25)27(26)13(20,21)22/h1-2H,3H2. The summed E-state index contributed by atoms with van der Waals surface area (Å²) in [6, 6.07) is 2.03. The third-order valence-electron chi connectivity index (χ3n) is 3.12. The van der Waals surface area contributed by atoms with Crippen LogP contribution in [0.3, 0.4) is 0 Å². The van der Waals surface area contributed by atoms with Crippen molar-refractivity contribution >= 4 is 34.0 Å². The van der Waals surface area contributed by atoms with E-state index in [1.807, 2.05) is 0 Å². The Labute approximate surface area is 158 Å². The van der Waals surface area contributed by atoms with Crippen LogP contribution in [0.25, 0.3) is 5.69 Å². The second-order valence-electron chi connectivity index (χ2n) is 4.78. The van der Waals surface area contributed by atoms with Gasteiger partial charge in [0.25, 0.3) is 0 Å². The van der Waals surface area contributed by atoms with Gasteiger partial charge in [-0.15, -0.1) is 0 Å². The first kappa shape index (κ1) is 21.5. The van der Waals surface area contributed by atoms with E-state index in [1.165, 1.54) is 6.07 Å². The minimum atomic E-state index is -5.34. The minimum Gasteiger partial charge on any atom is -0.245 e. The van der Waals surface area contributed by atoms with Gasteiger partial charge in [0.15, 0.2) is 16.5 Å². The first-order chi connectivity index (χ1) is 12.3. The quantitative estimate of drug-likeness (QED) is 0.602. The van der Waals surface area contributed by atoms with Crippen LogP contribution in [-0.4, -0.2) is 19.5 Å². The summed E-state index contributed by atoms with van der Waals surface area (Å²) in [5, 5.41) is 10.9. The molecule has 2 aromatic rings. The predicted octanol–water partition coefficient (Wildman–Crippen LogP) is 5.17. The van der Waals surface area contributed by atoms with Crippen molar-refractivity contribution in [2.45, 2.75) is 23.3 Å². The molecule has 146 valence electrons. The van der Waals surface area contributed by atoms with Gasteiger partial charge in [0.1, 0.15) is 23.3 Å². The molecule has 0 saturated carbocycles. The van der Waals surface area contributed by atoms with Crippen LogP contribution in [-0.2, 0) is 23.7 Å². The molecule has 0 saturated heterocycles. The molecule has 1 unspecified atom stereocenters. The number of hydrogen-bond donors (Lipinski definition) is 0. The van der Waals surface area contributed by atoms with Crippen LogP contribution >= 0.6 is 23.2 Å². The van der Waals surface area contributed by atoms with Crippen LogP contribution in [0.5, 0.6) is 0 Å².